The zero-order valence-electron chi connectivity index (χ0n) is 10.2. The van der Waals surface area contributed by atoms with Gasteiger partial charge in [0.05, 0.1) is 21.4 Å². The maximum Gasteiger partial charge on any atom is 0.337 e. The smallest absolute Gasteiger partial charge is 0.337 e. The van der Waals surface area contributed by atoms with Crippen molar-refractivity contribution in [3.05, 3.63) is 39.3 Å². The number of carbonyl (C=O) groups is 1. The van der Waals surface area contributed by atoms with E-state index in [0.717, 1.165) is 21.4 Å². The topological polar surface area (TPSA) is 68.0 Å². The average Bonchev–Trinajstić information content (AvgIpc) is 2.57. The van der Waals surface area contributed by atoms with Crippen molar-refractivity contribution in [2.75, 3.05) is 0 Å². The predicted molar refractivity (Wildman–Crippen MR) is 70.2 cm³/mol. The zero-order valence-corrected chi connectivity index (χ0v) is 11.8. The van der Waals surface area contributed by atoms with Gasteiger partial charge in [-0.05, 0) is 48.3 Å². The maximum absolute atomic E-state index is 10.9. The van der Waals surface area contributed by atoms with E-state index in [4.69, 9.17) is 5.11 Å². The van der Waals surface area contributed by atoms with Gasteiger partial charge in [0, 0.05) is 6.20 Å². The van der Waals surface area contributed by atoms with E-state index in [-0.39, 0.29) is 5.56 Å². The summed E-state index contributed by atoms with van der Waals surface area (Å²) in [6.07, 6.45) is 1.34. The second-order valence-electron chi connectivity index (χ2n) is 4.07. The normalized spacial score (nSPS) is 10.7. The van der Waals surface area contributed by atoms with Crippen LogP contribution in [0.15, 0.2) is 16.7 Å². The highest BCUT2D eigenvalue weighted by Crippen LogP contribution is 2.23. The third kappa shape index (κ3) is 2.03. The highest BCUT2D eigenvalue weighted by atomic mass is 79.9. The van der Waals surface area contributed by atoms with Crippen molar-refractivity contribution >= 4 is 21.9 Å². The molecule has 0 spiro atoms. The van der Waals surface area contributed by atoms with Gasteiger partial charge in [0.15, 0.2) is 5.82 Å². The number of hydrogen-bond donors (Lipinski definition) is 1. The van der Waals surface area contributed by atoms with Gasteiger partial charge >= 0.3 is 5.97 Å². The number of carboxylic acids is 1. The van der Waals surface area contributed by atoms with Gasteiger partial charge in [-0.2, -0.15) is 5.10 Å². The zero-order chi connectivity index (χ0) is 13.4. The van der Waals surface area contributed by atoms with E-state index in [1.807, 2.05) is 20.8 Å². The second-order valence-corrected chi connectivity index (χ2v) is 4.86. The fourth-order valence-corrected chi connectivity index (χ4v) is 1.98. The standard InChI is InChI=1S/C12H12BrN3O2/c1-6-4-9(12(17)18)5-14-11(6)16-8(3)10(13)7(2)15-16/h4-5H,1-3H3,(H,17,18). The monoisotopic (exact) mass is 309 g/mol. The molecule has 2 heterocycles. The van der Waals surface area contributed by atoms with Crippen molar-refractivity contribution in [1.29, 1.82) is 0 Å². The number of halogens is 1. The van der Waals surface area contributed by atoms with Gasteiger partial charge < -0.3 is 5.11 Å². The van der Waals surface area contributed by atoms with Gasteiger partial charge in [-0.25, -0.2) is 14.5 Å². The summed E-state index contributed by atoms with van der Waals surface area (Å²) >= 11 is 3.45. The Morgan fingerprint density at radius 2 is 2.06 bits per heavy atom. The Morgan fingerprint density at radius 1 is 1.39 bits per heavy atom. The van der Waals surface area contributed by atoms with E-state index in [1.165, 1.54) is 6.20 Å². The average molecular weight is 310 g/mol. The van der Waals surface area contributed by atoms with Crippen LogP contribution in [0.25, 0.3) is 5.82 Å². The predicted octanol–water partition coefficient (Wildman–Crippen LogP) is 2.65. The Hall–Kier alpha value is -1.69. The molecule has 2 aromatic rings. The third-order valence-corrected chi connectivity index (χ3v) is 3.85. The summed E-state index contributed by atoms with van der Waals surface area (Å²) in [4.78, 5) is 15.0. The number of nitrogens with zero attached hydrogens (tertiary/aromatic N) is 3. The Bertz CT molecular complexity index is 634. The molecule has 0 aromatic carbocycles. The van der Waals surface area contributed by atoms with E-state index in [1.54, 1.807) is 10.7 Å². The molecule has 0 amide bonds. The SMILES string of the molecule is Cc1cc(C(=O)O)cnc1-n1nc(C)c(Br)c1C. The molecule has 0 saturated heterocycles. The second kappa shape index (κ2) is 4.53. The molecule has 1 N–H and O–H groups in total. The minimum absolute atomic E-state index is 0.178. The first-order valence-corrected chi connectivity index (χ1v) is 6.13. The van der Waals surface area contributed by atoms with Crippen LogP contribution in [-0.2, 0) is 0 Å². The highest BCUT2D eigenvalue weighted by Gasteiger charge is 2.14. The Kier molecular flexibility index (Phi) is 3.21. The first-order valence-electron chi connectivity index (χ1n) is 5.34. The van der Waals surface area contributed by atoms with Crippen LogP contribution in [0.5, 0.6) is 0 Å². The number of carboxylic acid groups (broad SMARTS) is 1. The van der Waals surface area contributed by atoms with Gasteiger partial charge in [-0.15, -0.1) is 0 Å². The maximum atomic E-state index is 10.9. The Morgan fingerprint density at radius 3 is 2.50 bits per heavy atom. The van der Waals surface area contributed by atoms with Crippen LogP contribution in [0.1, 0.15) is 27.3 Å². The van der Waals surface area contributed by atoms with E-state index in [9.17, 15) is 4.79 Å². The number of aromatic nitrogens is 3. The first kappa shape index (κ1) is 12.8. The fraction of sp³-hybridized carbons (Fsp3) is 0.250. The van der Waals surface area contributed by atoms with Crippen molar-refractivity contribution < 1.29 is 9.90 Å². The van der Waals surface area contributed by atoms with Gasteiger partial charge in [0.25, 0.3) is 0 Å². The Balaban J connectivity index is 2.58. The molecule has 0 aliphatic heterocycles. The molecule has 5 nitrogen and oxygen atoms in total. The summed E-state index contributed by atoms with van der Waals surface area (Å²) in [7, 11) is 0. The van der Waals surface area contributed by atoms with Crippen molar-refractivity contribution in [3.8, 4) is 5.82 Å². The molecular weight excluding hydrogens is 298 g/mol. The molecule has 6 heteroatoms. The van der Waals surface area contributed by atoms with E-state index in [0.29, 0.717) is 5.82 Å². The first-order chi connectivity index (χ1) is 8.41. The van der Waals surface area contributed by atoms with Crippen LogP contribution < -0.4 is 0 Å². The molecule has 0 fully saturated rings. The van der Waals surface area contributed by atoms with Crippen molar-refractivity contribution in [2.24, 2.45) is 0 Å². The highest BCUT2D eigenvalue weighted by molar-refractivity contribution is 9.10. The van der Waals surface area contributed by atoms with Crippen LogP contribution in [0.4, 0.5) is 0 Å². The summed E-state index contributed by atoms with van der Waals surface area (Å²) in [5.41, 5.74) is 2.76. The lowest BCUT2D eigenvalue weighted by molar-refractivity contribution is 0.0696. The van der Waals surface area contributed by atoms with E-state index >= 15 is 0 Å². The molecule has 2 rings (SSSR count). The molecule has 0 saturated carbocycles. The quantitative estimate of drug-likeness (QED) is 0.926. The van der Waals surface area contributed by atoms with Crippen molar-refractivity contribution in [1.82, 2.24) is 14.8 Å². The molecule has 0 aliphatic rings. The number of aryl methyl sites for hydroxylation is 2. The Labute approximate surface area is 113 Å². The molecular formula is C12H12BrN3O2. The summed E-state index contributed by atoms with van der Waals surface area (Å²) in [5.74, 6) is -0.335. The van der Waals surface area contributed by atoms with Crippen LogP contribution >= 0.6 is 15.9 Å². The van der Waals surface area contributed by atoms with Gasteiger partial charge in [0.1, 0.15) is 0 Å². The summed E-state index contributed by atoms with van der Waals surface area (Å²) in [5, 5.41) is 13.3. The number of aromatic carboxylic acids is 1. The molecule has 0 bridgehead atoms. The lowest BCUT2D eigenvalue weighted by Gasteiger charge is -2.07. The lowest BCUT2D eigenvalue weighted by Crippen LogP contribution is -2.07. The number of pyridine rings is 1. The minimum Gasteiger partial charge on any atom is -0.478 e. The number of hydrogen-bond acceptors (Lipinski definition) is 3. The molecule has 94 valence electrons. The molecule has 0 aliphatic carbocycles. The summed E-state index contributed by atoms with van der Waals surface area (Å²) in [6, 6.07) is 1.59. The van der Waals surface area contributed by atoms with Crippen LogP contribution in [0.2, 0.25) is 0 Å². The third-order valence-electron chi connectivity index (χ3n) is 2.70. The van der Waals surface area contributed by atoms with Gasteiger partial charge in [-0.3, -0.25) is 0 Å². The molecule has 18 heavy (non-hydrogen) atoms. The van der Waals surface area contributed by atoms with Crippen molar-refractivity contribution in [3.63, 3.8) is 0 Å². The summed E-state index contributed by atoms with van der Waals surface area (Å²) in [6.45, 7) is 5.64. The van der Waals surface area contributed by atoms with E-state index < -0.39 is 5.97 Å². The van der Waals surface area contributed by atoms with E-state index in [2.05, 4.69) is 26.0 Å². The fourth-order valence-electron chi connectivity index (χ4n) is 1.74. The number of rotatable bonds is 2. The van der Waals surface area contributed by atoms with Crippen molar-refractivity contribution in [2.45, 2.75) is 20.8 Å². The van der Waals surface area contributed by atoms with Crippen LogP contribution in [0.3, 0.4) is 0 Å². The van der Waals surface area contributed by atoms with Crippen LogP contribution in [0, 0.1) is 20.8 Å². The molecule has 0 atom stereocenters. The molecule has 0 radical (unpaired) electrons. The largest absolute Gasteiger partial charge is 0.478 e. The van der Waals surface area contributed by atoms with Crippen LogP contribution in [-0.4, -0.2) is 25.8 Å². The minimum atomic E-state index is -0.980. The molecule has 2 aromatic heterocycles. The van der Waals surface area contributed by atoms with Gasteiger partial charge in [0.2, 0.25) is 0 Å². The molecule has 0 unspecified atom stereocenters. The lowest BCUT2D eigenvalue weighted by atomic mass is 10.2. The van der Waals surface area contributed by atoms with Gasteiger partial charge in [-0.1, -0.05) is 0 Å². The summed E-state index contributed by atoms with van der Waals surface area (Å²) < 4.78 is 2.64.